The molecule has 14 heavy (non-hydrogen) atoms. The minimum absolute atomic E-state index is 0.632. The molecule has 0 amide bonds. The van der Waals surface area contributed by atoms with Crippen molar-refractivity contribution in [2.45, 2.75) is 19.9 Å². The molecule has 0 unspecified atom stereocenters. The Kier molecular flexibility index (Phi) is 4.19. The van der Waals surface area contributed by atoms with E-state index in [2.05, 4.69) is 11.7 Å². The molecular formula is C10H17N3O. The zero-order chi connectivity index (χ0) is 10.4. The average Bonchev–Trinajstić information content (AvgIpc) is 2.63. The molecule has 0 aliphatic carbocycles. The molecule has 0 saturated heterocycles. The van der Waals surface area contributed by atoms with E-state index in [0.29, 0.717) is 18.9 Å². The maximum Gasteiger partial charge on any atom is 0.122 e. The van der Waals surface area contributed by atoms with Gasteiger partial charge in [0.05, 0.1) is 18.4 Å². The molecule has 1 aromatic rings. The molecule has 0 fully saturated rings. The lowest BCUT2D eigenvalue weighted by atomic mass is 10.3. The second kappa shape index (κ2) is 5.44. The van der Waals surface area contributed by atoms with Gasteiger partial charge in [-0.05, 0) is 19.9 Å². The molecule has 0 aliphatic rings. The summed E-state index contributed by atoms with van der Waals surface area (Å²) in [6, 6.07) is 0. The zero-order valence-corrected chi connectivity index (χ0v) is 8.57. The second-order valence-electron chi connectivity index (χ2n) is 2.99. The molecule has 0 aromatic carbocycles. The summed E-state index contributed by atoms with van der Waals surface area (Å²) in [5, 5.41) is 4.18. The van der Waals surface area contributed by atoms with Gasteiger partial charge in [-0.25, -0.2) is 0 Å². The van der Waals surface area contributed by atoms with Crippen molar-refractivity contribution in [3.8, 4) is 0 Å². The Morgan fingerprint density at radius 2 is 2.50 bits per heavy atom. The van der Waals surface area contributed by atoms with Crippen LogP contribution in [0.25, 0.3) is 5.76 Å². The highest BCUT2D eigenvalue weighted by atomic mass is 16.5. The number of aryl methyl sites for hydroxylation is 1. The van der Waals surface area contributed by atoms with Crippen LogP contribution in [0.3, 0.4) is 0 Å². The predicted octanol–water partition coefficient (Wildman–Crippen LogP) is 1.24. The predicted molar refractivity (Wildman–Crippen MR) is 56.6 cm³/mol. The van der Waals surface area contributed by atoms with Crippen LogP contribution in [0.2, 0.25) is 0 Å². The van der Waals surface area contributed by atoms with Gasteiger partial charge in [0.1, 0.15) is 5.76 Å². The Morgan fingerprint density at radius 1 is 1.71 bits per heavy atom. The quantitative estimate of drug-likeness (QED) is 0.695. The van der Waals surface area contributed by atoms with E-state index in [4.69, 9.17) is 10.5 Å². The van der Waals surface area contributed by atoms with E-state index < -0.39 is 0 Å². The van der Waals surface area contributed by atoms with E-state index in [0.717, 1.165) is 18.5 Å². The van der Waals surface area contributed by atoms with Gasteiger partial charge in [-0.2, -0.15) is 5.10 Å². The summed E-state index contributed by atoms with van der Waals surface area (Å²) >= 11 is 0. The molecule has 1 heterocycles. The molecule has 1 rings (SSSR count). The number of nitrogens with two attached hydrogens (primary N) is 1. The van der Waals surface area contributed by atoms with Gasteiger partial charge in [0.25, 0.3) is 0 Å². The van der Waals surface area contributed by atoms with Crippen LogP contribution in [0.5, 0.6) is 0 Å². The van der Waals surface area contributed by atoms with Crippen LogP contribution >= 0.6 is 0 Å². The SMILES string of the molecule is C=C(OCC)c1cnn(CCCN)c1. The Labute approximate surface area is 84.4 Å². The van der Waals surface area contributed by atoms with Crippen molar-refractivity contribution in [2.75, 3.05) is 13.2 Å². The summed E-state index contributed by atoms with van der Waals surface area (Å²) in [5.74, 6) is 0.673. The van der Waals surface area contributed by atoms with Crippen molar-refractivity contribution in [3.05, 3.63) is 24.5 Å². The number of aromatic nitrogens is 2. The fourth-order valence-corrected chi connectivity index (χ4v) is 1.14. The highest BCUT2D eigenvalue weighted by Crippen LogP contribution is 2.12. The van der Waals surface area contributed by atoms with Gasteiger partial charge in [-0.1, -0.05) is 6.58 Å². The summed E-state index contributed by atoms with van der Waals surface area (Å²) in [6.45, 7) is 7.90. The molecular weight excluding hydrogens is 178 g/mol. The van der Waals surface area contributed by atoms with E-state index in [9.17, 15) is 0 Å². The standard InChI is InChI=1S/C10H17N3O/c1-3-14-9(2)10-7-12-13(8-10)6-4-5-11/h7-8H,2-6,11H2,1H3. The van der Waals surface area contributed by atoms with Crippen molar-refractivity contribution in [1.82, 2.24) is 9.78 Å². The summed E-state index contributed by atoms with van der Waals surface area (Å²) < 4.78 is 7.13. The Bertz CT molecular complexity index is 293. The van der Waals surface area contributed by atoms with Crippen LogP contribution in [-0.2, 0) is 11.3 Å². The van der Waals surface area contributed by atoms with Crippen LogP contribution in [0.1, 0.15) is 18.9 Å². The molecule has 0 saturated carbocycles. The monoisotopic (exact) mass is 195 g/mol. The molecule has 0 radical (unpaired) electrons. The van der Waals surface area contributed by atoms with E-state index in [1.807, 2.05) is 17.8 Å². The number of hydrogen-bond donors (Lipinski definition) is 1. The lowest BCUT2D eigenvalue weighted by Gasteiger charge is -2.02. The molecule has 0 bridgehead atoms. The summed E-state index contributed by atoms with van der Waals surface area (Å²) in [4.78, 5) is 0. The maximum absolute atomic E-state index is 5.41. The highest BCUT2D eigenvalue weighted by Gasteiger charge is 2.02. The first kappa shape index (κ1) is 10.8. The number of nitrogens with zero attached hydrogens (tertiary/aromatic N) is 2. The fourth-order valence-electron chi connectivity index (χ4n) is 1.14. The number of rotatable bonds is 6. The van der Waals surface area contributed by atoms with Crippen molar-refractivity contribution >= 4 is 5.76 Å². The molecule has 0 aliphatic heterocycles. The molecule has 4 nitrogen and oxygen atoms in total. The Morgan fingerprint density at radius 3 is 3.14 bits per heavy atom. The highest BCUT2D eigenvalue weighted by molar-refractivity contribution is 5.55. The van der Waals surface area contributed by atoms with Gasteiger partial charge >= 0.3 is 0 Å². The van der Waals surface area contributed by atoms with Crippen molar-refractivity contribution in [2.24, 2.45) is 5.73 Å². The molecule has 0 atom stereocenters. The van der Waals surface area contributed by atoms with Gasteiger partial charge in [0, 0.05) is 12.7 Å². The third-order valence-electron chi connectivity index (χ3n) is 1.87. The van der Waals surface area contributed by atoms with E-state index in [-0.39, 0.29) is 0 Å². The van der Waals surface area contributed by atoms with Crippen LogP contribution in [0, 0.1) is 0 Å². The number of hydrogen-bond acceptors (Lipinski definition) is 3. The van der Waals surface area contributed by atoms with Crippen LogP contribution in [-0.4, -0.2) is 22.9 Å². The average molecular weight is 195 g/mol. The first-order valence-corrected chi connectivity index (χ1v) is 4.82. The summed E-state index contributed by atoms with van der Waals surface area (Å²) in [5.41, 5.74) is 6.34. The number of ether oxygens (including phenoxy) is 1. The lowest BCUT2D eigenvalue weighted by molar-refractivity contribution is 0.299. The van der Waals surface area contributed by atoms with Gasteiger partial charge in [0.2, 0.25) is 0 Å². The van der Waals surface area contributed by atoms with Gasteiger partial charge in [-0.15, -0.1) is 0 Å². The van der Waals surface area contributed by atoms with E-state index in [1.54, 1.807) is 6.20 Å². The molecule has 1 aromatic heterocycles. The normalized spacial score (nSPS) is 10.1. The minimum atomic E-state index is 0.632. The van der Waals surface area contributed by atoms with Crippen LogP contribution < -0.4 is 5.73 Å². The zero-order valence-electron chi connectivity index (χ0n) is 8.57. The fraction of sp³-hybridized carbons (Fsp3) is 0.500. The van der Waals surface area contributed by atoms with Gasteiger partial charge in [0.15, 0.2) is 0 Å². The van der Waals surface area contributed by atoms with Gasteiger partial charge in [-0.3, -0.25) is 4.68 Å². The van der Waals surface area contributed by atoms with Crippen LogP contribution in [0.4, 0.5) is 0 Å². The van der Waals surface area contributed by atoms with Crippen molar-refractivity contribution in [1.29, 1.82) is 0 Å². The smallest absolute Gasteiger partial charge is 0.122 e. The second-order valence-corrected chi connectivity index (χ2v) is 2.99. The van der Waals surface area contributed by atoms with Crippen LogP contribution in [0.15, 0.2) is 19.0 Å². The third kappa shape index (κ3) is 2.88. The Balaban J connectivity index is 2.54. The van der Waals surface area contributed by atoms with Crippen molar-refractivity contribution < 1.29 is 4.74 Å². The largest absolute Gasteiger partial charge is 0.494 e. The Hall–Kier alpha value is -1.29. The molecule has 0 spiro atoms. The minimum Gasteiger partial charge on any atom is -0.494 e. The summed E-state index contributed by atoms with van der Waals surface area (Å²) in [6.07, 6.45) is 4.62. The molecule has 78 valence electrons. The molecule has 2 N–H and O–H groups in total. The van der Waals surface area contributed by atoms with Gasteiger partial charge < -0.3 is 10.5 Å². The third-order valence-corrected chi connectivity index (χ3v) is 1.87. The van der Waals surface area contributed by atoms with E-state index >= 15 is 0 Å². The molecule has 4 heteroatoms. The first-order chi connectivity index (χ1) is 6.77. The summed E-state index contributed by atoms with van der Waals surface area (Å²) in [7, 11) is 0. The lowest BCUT2D eigenvalue weighted by Crippen LogP contribution is -2.05. The van der Waals surface area contributed by atoms with Crippen molar-refractivity contribution in [3.63, 3.8) is 0 Å². The topological polar surface area (TPSA) is 53.1 Å². The maximum atomic E-state index is 5.41. The van der Waals surface area contributed by atoms with E-state index in [1.165, 1.54) is 0 Å². The first-order valence-electron chi connectivity index (χ1n) is 4.82.